The lowest BCUT2D eigenvalue weighted by molar-refractivity contribution is 0.112. The molecule has 0 aromatic rings. The quantitative estimate of drug-likeness (QED) is 0.508. The molecule has 1 aliphatic heterocycles. The van der Waals surface area contributed by atoms with Gasteiger partial charge in [-0.25, -0.2) is 4.79 Å². The Bertz CT molecular complexity index is 184. The standard InChI is InChI=1S/C7H12N2O/c1-6-3-4-7(6,2)9-5(10)8-6/h3-4H2,1-2H3,(H2,8,9,10)/t6-,7+. The first kappa shape index (κ1) is 6.01. The smallest absolute Gasteiger partial charge is 0.315 e. The fraction of sp³-hybridized carbons (Fsp3) is 0.857. The molecule has 0 aromatic heterocycles. The van der Waals surface area contributed by atoms with Crippen molar-refractivity contribution in [2.75, 3.05) is 0 Å². The Morgan fingerprint density at radius 1 is 1.20 bits per heavy atom. The van der Waals surface area contributed by atoms with Crippen molar-refractivity contribution >= 4 is 6.03 Å². The number of hydrogen-bond donors (Lipinski definition) is 2. The van der Waals surface area contributed by atoms with Gasteiger partial charge in [0, 0.05) is 0 Å². The normalized spacial score (nSPS) is 50.8. The first-order chi connectivity index (χ1) is 4.56. The van der Waals surface area contributed by atoms with Crippen LogP contribution in [-0.2, 0) is 0 Å². The minimum atomic E-state index is -0.0116. The first-order valence-electron chi connectivity index (χ1n) is 3.66. The van der Waals surface area contributed by atoms with Gasteiger partial charge in [-0.2, -0.15) is 0 Å². The van der Waals surface area contributed by atoms with Crippen LogP contribution >= 0.6 is 0 Å². The number of carbonyl (C=O) groups is 1. The van der Waals surface area contributed by atoms with Crippen LogP contribution in [0, 0.1) is 0 Å². The third-order valence-corrected chi connectivity index (χ3v) is 3.12. The van der Waals surface area contributed by atoms with E-state index in [1.807, 2.05) is 0 Å². The number of fused-ring (bicyclic) bond motifs is 1. The summed E-state index contributed by atoms with van der Waals surface area (Å²) in [6.07, 6.45) is 2.20. The molecule has 0 bridgehead atoms. The Hall–Kier alpha value is -0.730. The van der Waals surface area contributed by atoms with Crippen molar-refractivity contribution < 1.29 is 4.79 Å². The van der Waals surface area contributed by atoms with Crippen molar-refractivity contribution in [2.45, 2.75) is 37.8 Å². The molecule has 3 heteroatoms. The zero-order valence-electron chi connectivity index (χ0n) is 6.32. The van der Waals surface area contributed by atoms with Crippen LogP contribution in [0.5, 0.6) is 0 Å². The zero-order valence-corrected chi connectivity index (χ0v) is 6.32. The maximum Gasteiger partial charge on any atom is 0.315 e. The summed E-state index contributed by atoms with van der Waals surface area (Å²) in [4.78, 5) is 10.9. The minimum absolute atomic E-state index is 0.0116. The van der Waals surface area contributed by atoms with Gasteiger partial charge < -0.3 is 10.6 Å². The number of rotatable bonds is 0. The predicted molar refractivity (Wildman–Crippen MR) is 37.7 cm³/mol. The van der Waals surface area contributed by atoms with Gasteiger partial charge in [0.2, 0.25) is 0 Å². The molecule has 2 N–H and O–H groups in total. The molecular weight excluding hydrogens is 128 g/mol. The summed E-state index contributed by atoms with van der Waals surface area (Å²) in [6.45, 7) is 4.18. The molecule has 2 fully saturated rings. The number of urea groups is 1. The van der Waals surface area contributed by atoms with E-state index < -0.39 is 0 Å². The summed E-state index contributed by atoms with van der Waals surface area (Å²) >= 11 is 0. The molecular formula is C7H12N2O. The van der Waals surface area contributed by atoms with Gasteiger partial charge in [-0.15, -0.1) is 0 Å². The lowest BCUT2D eigenvalue weighted by Gasteiger charge is -2.49. The average molecular weight is 140 g/mol. The van der Waals surface area contributed by atoms with E-state index in [0.29, 0.717) is 0 Å². The van der Waals surface area contributed by atoms with E-state index in [1.165, 1.54) is 0 Å². The summed E-state index contributed by atoms with van der Waals surface area (Å²) in [5.41, 5.74) is 0.0637. The second-order valence-corrected chi connectivity index (χ2v) is 3.74. The maximum atomic E-state index is 10.9. The van der Waals surface area contributed by atoms with Crippen molar-refractivity contribution in [3.05, 3.63) is 0 Å². The van der Waals surface area contributed by atoms with Crippen molar-refractivity contribution in [3.63, 3.8) is 0 Å². The molecule has 1 aliphatic carbocycles. The van der Waals surface area contributed by atoms with Crippen LogP contribution in [0.15, 0.2) is 0 Å². The Morgan fingerprint density at radius 3 is 1.80 bits per heavy atom. The van der Waals surface area contributed by atoms with Gasteiger partial charge in [0.1, 0.15) is 0 Å². The van der Waals surface area contributed by atoms with Gasteiger partial charge >= 0.3 is 6.03 Å². The molecule has 2 atom stereocenters. The zero-order chi connectivity index (χ0) is 7.41. The molecule has 3 nitrogen and oxygen atoms in total. The Labute approximate surface area is 60.2 Å². The summed E-state index contributed by atoms with van der Waals surface area (Å²) in [6, 6.07) is -0.0116. The van der Waals surface area contributed by atoms with Crippen LogP contribution in [0.1, 0.15) is 26.7 Å². The molecule has 10 heavy (non-hydrogen) atoms. The molecule has 1 heterocycles. The SMILES string of the molecule is C[C@@]12CC[C@]1(C)NC(=O)N2. The molecule has 1 saturated heterocycles. The number of hydrogen-bond acceptors (Lipinski definition) is 1. The van der Waals surface area contributed by atoms with E-state index in [4.69, 9.17) is 0 Å². The fourth-order valence-corrected chi connectivity index (χ4v) is 1.81. The van der Waals surface area contributed by atoms with Crippen LogP contribution in [0.25, 0.3) is 0 Å². The van der Waals surface area contributed by atoms with E-state index in [2.05, 4.69) is 24.5 Å². The largest absolute Gasteiger partial charge is 0.331 e. The van der Waals surface area contributed by atoms with Gasteiger partial charge in [-0.3, -0.25) is 0 Å². The fourth-order valence-electron chi connectivity index (χ4n) is 1.81. The monoisotopic (exact) mass is 140 g/mol. The number of amides is 2. The predicted octanol–water partition coefficient (Wildman–Crippen LogP) is 0.610. The van der Waals surface area contributed by atoms with Crippen molar-refractivity contribution in [1.29, 1.82) is 0 Å². The van der Waals surface area contributed by atoms with Crippen LogP contribution in [0.4, 0.5) is 4.79 Å². The highest BCUT2D eigenvalue weighted by molar-refractivity contribution is 5.80. The average Bonchev–Trinajstić information content (AvgIpc) is 1.95. The van der Waals surface area contributed by atoms with Gasteiger partial charge in [0.05, 0.1) is 11.1 Å². The first-order valence-corrected chi connectivity index (χ1v) is 3.66. The molecule has 56 valence electrons. The number of carbonyl (C=O) groups excluding carboxylic acids is 1. The highest BCUT2D eigenvalue weighted by atomic mass is 16.2. The van der Waals surface area contributed by atoms with Crippen molar-refractivity contribution in [3.8, 4) is 0 Å². The third-order valence-electron chi connectivity index (χ3n) is 3.12. The summed E-state index contributed by atoms with van der Waals surface area (Å²) in [5.74, 6) is 0. The van der Waals surface area contributed by atoms with Crippen molar-refractivity contribution in [1.82, 2.24) is 10.6 Å². The molecule has 0 radical (unpaired) electrons. The van der Waals surface area contributed by atoms with Crippen molar-refractivity contribution in [2.24, 2.45) is 0 Å². The van der Waals surface area contributed by atoms with Gasteiger partial charge in [0.25, 0.3) is 0 Å². The molecule has 2 amide bonds. The number of nitrogens with one attached hydrogen (secondary N) is 2. The second kappa shape index (κ2) is 1.31. The van der Waals surface area contributed by atoms with Crippen LogP contribution < -0.4 is 10.6 Å². The van der Waals surface area contributed by atoms with Crippen LogP contribution in [-0.4, -0.2) is 17.1 Å². The molecule has 0 spiro atoms. The van der Waals surface area contributed by atoms with E-state index in [9.17, 15) is 4.79 Å². The van der Waals surface area contributed by atoms with E-state index >= 15 is 0 Å². The molecule has 2 rings (SSSR count). The van der Waals surface area contributed by atoms with Gasteiger partial charge in [0.15, 0.2) is 0 Å². The van der Waals surface area contributed by atoms with E-state index in [1.54, 1.807) is 0 Å². The van der Waals surface area contributed by atoms with E-state index in [0.717, 1.165) is 12.8 Å². The molecule has 0 aromatic carbocycles. The van der Waals surface area contributed by atoms with Crippen LogP contribution in [0.3, 0.4) is 0 Å². The van der Waals surface area contributed by atoms with Gasteiger partial charge in [-0.1, -0.05) is 0 Å². The topological polar surface area (TPSA) is 41.1 Å². The van der Waals surface area contributed by atoms with Crippen LogP contribution in [0.2, 0.25) is 0 Å². The lowest BCUT2D eigenvalue weighted by Crippen LogP contribution is -2.64. The molecule has 2 aliphatic rings. The molecule has 1 saturated carbocycles. The Kier molecular flexibility index (Phi) is 0.787. The van der Waals surface area contributed by atoms with Gasteiger partial charge in [-0.05, 0) is 26.7 Å². The highest BCUT2D eigenvalue weighted by Gasteiger charge is 2.58. The third kappa shape index (κ3) is 0.448. The highest BCUT2D eigenvalue weighted by Crippen LogP contribution is 2.44. The summed E-state index contributed by atoms with van der Waals surface area (Å²) in [7, 11) is 0. The Morgan fingerprint density at radius 2 is 1.60 bits per heavy atom. The maximum absolute atomic E-state index is 10.9. The molecule has 0 unspecified atom stereocenters. The Balaban J connectivity index is 2.31. The summed E-state index contributed by atoms with van der Waals surface area (Å²) in [5, 5.41) is 5.84. The lowest BCUT2D eigenvalue weighted by atomic mass is 9.64. The summed E-state index contributed by atoms with van der Waals surface area (Å²) < 4.78 is 0. The minimum Gasteiger partial charge on any atom is -0.331 e. The second-order valence-electron chi connectivity index (χ2n) is 3.74. The van der Waals surface area contributed by atoms with E-state index in [-0.39, 0.29) is 17.1 Å².